The Labute approximate surface area is 91.1 Å². The van der Waals surface area contributed by atoms with Crippen LogP contribution in [0.3, 0.4) is 0 Å². The van der Waals surface area contributed by atoms with Crippen molar-refractivity contribution < 1.29 is 9.59 Å². The lowest BCUT2D eigenvalue weighted by molar-refractivity contribution is -0.123. The Morgan fingerprint density at radius 1 is 1.44 bits per heavy atom. The van der Waals surface area contributed by atoms with Crippen LogP contribution in [0.5, 0.6) is 0 Å². The van der Waals surface area contributed by atoms with E-state index in [0.29, 0.717) is 12.2 Å². The third kappa shape index (κ3) is 0.922. The Morgan fingerprint density at radius 2 is 2.06 bits per heavy atom. The van der Waals surface area contributed by atoms with E-state index in [-0.39, 0.29) is 29.2 Å². The molecule has 1 saturated carbocycles. The lowest BCUT2D eigenvalue weighted by atomic mass is 10.3. The lowest BCUT2D eigenvalue weighted by Crippen LogP contribution is -2.34. The molecule has 1 saturated heterocycles. The van der Waals surface area contributed by atoms with Crippen LogP contribution in [-0.2, 0) is 16.6 Å². The van der Waals surface area contributed by atoms with Gasteiger partial charge in [-0.05, 0) is 6.42 Å². The fourth-order valence-electron chi connectivity index (χ4n) is 2.16. The number of carbonyl (C=O) groups excluding carboxylic acids is 2. The van der Waals surface area contributed by atoms with Gasteiger partial charge in [0, 0.05) is 7.05 Å². The summed E-state index contributed by atoms with van der Waals surface area (Å²) in [7, 11) is 1.61. The van der Waals surface area contributed by atoms with Gasteiger partial charge in [0.1, 0.15) is 11.6 Å². The van der Waals surface area contributed by atoms with Crippen molar-refractivity contribution >= 4 is 17.6 Å². The topological polar surface area (TPSA) is 79.0 Å². The maximum Gasteiger partial charge on any atom is 0.238 e. The fraction of sp³-hybridized carbons (Fsp3) is 0.400. The van der Waals surface area contributed by atoms with Crippen molar-refractivity contribution in [2.75, 3.05) is 4.90 Å². The molecule has 16 heavy (non-hydrogen) atoms. The SMILES string of the molecule is Cn1ncc(C#N)c1N1C(=O)C2CC2C1=O. The van der Waals surface area contributed by atoms with Gasteiger partial charge in [0.15, 0.2) is 5.82 Å². The molecule has 2 heterocycles. The molecule has 2 atom stereocenters. The highest BCUT2D eigenvalue weighted by atomic mass is 16.2. The van der Waals surface area contributed by atoms with Gasteiger partial charge >= 0.3 is 0 Å². The van der Waals surface area contributed by atoms with Crippen molar-refractivity contribution in [3.8, 4) is 6.07 Å². The summed E-state index contributed by atoms with van der Waals surface area (Å²) in [5.74, 6) is -0.419. The molecule has 1 aromatic heterocycles. The number of anilines is 1. The maximum atomic E-state index is 11.8. The molecular formula is C10H8N4O2. The first kappa shape index (κ1) is 9.09. The summed E-state index contributed by atoms with van der Waals surface area (Å²) in [5, 5.41) is 12.8. The van der Waals surface area contributed by atoms with Crippen LogP contribution in [0.4, 0.5) is 5.82 Å². The van der Waals surface area contributed by atoms with Crippen LogP contribution in [0.2, 0.25) is 0 Å². The molecule has 2 amide bonds. The van der Waals surface area contributed by atoms with E-state index in [1.165, 1.54) is 10.9 Å². The number of hydrogen-bond acceptors (Lipinski definition) is 4. The van der Waals surface area contributed by atoms with E-state index >= 15 is 0 Å². The summed E-state index contributed by atoms with van der Waals surface area (Å²) in [6.45, 7) is 0. The van der Waals surface area contributed by atoms with Crippen molar-refractivity contribution in [3.63, 3.8) is 0 Å². The maximum absolute atomic E-state index is 11.8. The second kappa shape index (κ2) is 2.70. The second-order valence-electron chi connectivity index (χ2n) is 4.08. The van der Waals surface area contributed by atoms with Crippen molar-refractivity contribution in [1.82, 2.24) is 9.78 Å². The Balaban J connectivity index is 2.11. The number of aryl methyl sites for hydroxylation is 1. The third-order valence-electron chi connectivity index (χ3n) is 3.11. The summed E-state index contributed by atoms with van der Waals surface area (Å²) < 4.78 is 1.39. The number of nitrogens with zero attached hydrogens (tertiary/aromatic N) is 4. The van der Waals surface area contributed by atoms with Crippen LogP contribution in [0, 0.1) is 23.2 Å². The zero-order valence-electron chi connectivity index (χ0n) is 8.54. The first-order valence-electron chi connectivity index (χ1n) is 4.95. The minimum absolute atomic E-state index is 0.158. The molecule has 6 nitrogen and oxygen atoms in total. The van der Waals surface area contributed by atoms with E-state index in [9.17, 15) is 9.59 Å². The number of amides is 2. The number of piperidine rings is 1. The zero-order valence-corrected chi connectivity index (χ0v) is 8.54. The molecule has 0 radical (unpaired) electrons. The molecule has 6 heteroatoms. The number of imide groups is 1. The van der Waals surface area contributed by atoms with Gasteiger partial charge in [0.25, 0.3) is 0 Å². The molecular weight excluding hydrogens is 208 g/mol. The Morgan fingerprint density at radius 3 is 2.62 bits per heavy atom. The van der Waals surface area contributed by atoms with E-state index in [1.54, 1.807) is 7.05 Å². The van der Waals surface area contributed by atoms with Crippen LogP contribution in [0.15, 0.2) is 6.20 Å². The summed E-state index contributed by atoms with van der Waals surface area (Å²) >= 11 is 0. The average Bonchev–Trinajstić information content (AvgIpc) is 2.93. The number of rotatable bonds is 1. The highest BCUT2D eigenvalue weighted by molar-refractivity contribution is 6.24. The quantitative estimate of drug-likeness (QED) is 0.609. The Bertz CT molecular complexity index is 534. The van der Waals surface area contributed by atoms with Gasteiger partial charge < -0.3 is 0 Å². The van der Waals surface area contributed by atoms with E-state index in [2.05, 4.69) is 5.10 Å². The van der Waals surface area contributed by atoms with Crippen molar-refractivity contribution in [2.45, 2.75) is 6.42 Å². The van der Waals surface area contributed by atoms with Gasteiger partial charge in [-0.15, -0.1) is 0 Å². The van der Waals surface area contributed by atoms with Gasteiger partial charge in [0.2, 0.25) is 11.8 Å². The molecule has 3 rings (SSSR count). The standard InChI is InChI=1S/C10H8N4O2/c1-13-8(5(3-11)4-12-13)14-9(15)6-2-7(6)10(14)16/h4,6-7H,2H2,1H3. The van der Waals surface area contributed by atoms with Gasteiger partial charge in [-0.2, -0.15) is 10.4 Å². The molecule has 2 aliphatic rings. The van der Waals surface area contributed by atoms with Crippen LogP contribution < -0.4 is 4.90 Å². The molecule has 0 spiro atoms. The normalized spacial score (nSPS) is 26.9. The molecule has 1 aromatic rings. The minimum atomic E-state index is -0.199. The number of aromatic nitrogens is 2. The first-order valence-corrected chi connectivity index (χ1v) is 4.95. The molecule has 0 bridgehead atoms. The van der Waals surface area contributed by atoms with Crippen LogP contribution in [0.25, 0.3) is 0 Å². The third-order valence-corrected chi connectivity index (χ3v) is 3.11. The smallest absolute Gasteiger partial charge is 0.238 e. The van der Waals surface area contributed by atoms with Gasteiger partial charge in [-0.1, -0.05) is 0 Å². The molecule has 2 unspecified atom stereocenters. The molecule has 1 aliphatic carbocycles. The van der Waals surface area contributed by atoms with Crippen molar-refractivity contribution in [3.05, 3.63) is 11.8 Å². The molecule has 2 fully saturated rings. The highest BCUT2D eigenvalue weighted by Gasteiger charge is 2.60. The predicted molar refractivity (Wildman–Crippen MR) is 52.0 cm³/mol. The largest absolute Gasteiger partial charge is 0.274 e. The molecule has 1 aliphatic heterocycles. The summed E-state index contributed by atoms with van der Waals surface area (Å²) in [5.41, 5.74) is 0.255. The molecule has 80 valence electrons. The van der Waals surface area contributed by atoms with Gasteiger partial charge in [-0.25, -0.2) is 4.90 Å². The highest BCUT2D eigenvalue weighted by Crippen LogP contribution is 2.48. The number of fused-ring (bicyclic) bond motifs is 1. The lowest BCUT2D eigenvalue weighted by Gasteiger charge is -2.16. The van der Waals surface area contributed by atoms with E-state index in [0.717, 1.165) is 4.90 Å². The summed E-state index contributed by atoms with van der Waals surface area (Å²) in [4.78, 5) is 24.8. The zero-order chi connectivity index (χ0) is 11.4. The number of carbonyl (C=O) groups is 2. The van der Waals surface area contributed by atoms with Crippen LogP contribution in [-0.4, -0.2) is 21.6 Å². The van der Waals surface area contributed by atoms with Crippen molar-refractivity contribution in [1.29, 1.82) is 5.26 Å². The number of nitriles is 1. The predicted octanol–water partition coefficient (Wildman–Crippen LogP) is -0.199. The number of hydrogen-bond donors (Lipinski definition) is 0. The Kier molecular flexibility index (Phi) is 1.53. The Hall–Kier alpha value is -2.16. The summed E-state index contributed by atoms with van der Waals surface area (Å²) in [6.07, 6.45) is 2.02. The summed E-state index contributed by atoms with van der Waals surface area (Å²) in [6, 6.07) is 1.93. The van der Waals surface area contributed by atoms with Crippen molar-refractivity contribution in [2.24, 2.45) is 18.9 Å². The fourth-order valence-corrected chi connectivity index (χ4v) is 2.16. The second-order valence-corrected chi connectivity index (χ2v) is 4.08. The van der Waals surface area contributed by atoms with Gasteiger partial charge in [-0.3, -0.25) is 14.3 Å². The molecule has 0 N–H and O–H groups in total. The molecule has 0 aromatic carbocycles. The first-order chi connectivity index (χ1) is 7.65. The minimum Gasteiger partial charge on any atom is -0.274 e. The van der Waals surface area contributed by atoms with Crippen LogP contribution >= 0.6 is 0 Å². The van der Waals surface area contributed by atoms with Gasteiger partial charge in [0.05, 0.1) is 18.0 Å². The monoisotopic (exact) mass is 216 g/mol. The van der Waals surface area contributed by atoms with E-state index in [4.69, 9.17) is 5.26 Å². The van der Waals surface area contributed by atoms with E-state index in [1.807, 2.05) is 6.07 Å². The average molecular weight is 216 g/mol. The van der Waals surface area contributed by atoms with E-state index < -0.39 is 0 Å². The van der Waals surface area contributed by atoms with Crippen LogP contribution in [0.1, 0.15) is 12.0 Å².